The number of rotatable bonds is 12. The Labute approximate surface area is 128 Å². The summed E-state index contributed by atoms with van der Waals surface area (Å²) in [5, 5.41) is 5.13. The quantitative estimate of drug-likeness (QED) is 0.305. The number of likely N-dealkylation sites (N-methyl/N-ethyl adjacent to an activating group) is 1. The Kier molecular flexibility index (Phi) is 11.6. The standard InChI is InChI=1S/C14H26BN3O3/c1-3-4-5-6-9-16-13(20)7-10-18(2)14(21)12(17-15)8-11-19/h11-12,17H,3-10H2,1-2H3,(H,16,20). The van der Waals surface area contributed by atoms with Gasteiger partial charge in [0.2, 0.25) is 11.8 Å². The molecule has 0 heterocycles. The first-order chi connectivity index (χ1) is 10.1. The van der Waals surface area contributed by atoms with Crippen molar-refractivity contribution >= 4 is 26.1 Å². The smallest absolute Gasteiger partial charge is 0.238 e. The lowest BCUT2D eigenvalue weighted by Crippen LogP contribution is -2.45. The zero-order valence-electron chi connectivity index (χ0n) is 13.1. The molecule has 0 aromatic carbocycles. The van der Waals surface area contributed by atoms with Gasteiger partial charge in [0, 0.05) is 33.0 Å². The molecular weight excluding hydrogens is 269 g/mol. The highest BCUT2D eigenvalue weighted by Gasteiger charge is 2.19. The summed E-state index contributed by atoms with van der Waals surface area (Å²) in [5.74, 6) is -0.362. The van der Waals surface area contributed by atoms with Crippen molar-refractivity contribution in [3.05, 3.63) is 0 Å². The van der Waals surface area contributed by atoms with Crippen molar-refractivity contribution in [2.75, 3.05) is 20.1 Å². The molecular formula is C14H26BN3O3. The fourth-order valence-corrected chi connectivity index (χ4v) is 1.85. The van der Waals surface area contributed by atoms with Crippen LogP contribution in [-0.4, -0.2) is 57.2 Å². The molecule has 2 amide bonds. The van der Waals surface area contributed by atoms with Crippen LogP contribution < -0.4 is 10.5 Å². The average molecular weight is 295 g/mol. The van der Waals surface area contributed by atoms with E-state index in [0.717, 1.165) is 19.3 Å². The van der Waals surface area contributed by atoms with Crippen molar-refractivity contribution in [1.29, 1.82) is 0 Å². The molecule has 0 saturated carbocycles. The maximum absolute atomic E-state index is 11.9. The third-order valence-electron chi connectivity index (χ3n) is 3.23. The Morgan fingerprint density at radius 2 is 2.00 bits per heavy atom. The van der Waals surface area contributed by atoms with Crippen molar-refractivity contribution in [3.63, 3.8) is 0 Å². The summed E-state index contributed by atoms with van der Waals surface area (Å²) in [5.41, 5.74) is 0. The summed E-state index contributed by atoms with van der Waals surface area (Å²) in [7, 11) is 6.81. The van der Waals surface area contributed by atoms with Gasteiger partial charge in [-0.2, -0.15) is 0 Å². The van der Waals surface area contributed by atoms with E-state index in [4.69, 9.17) is 7.98 Å². The number of hydrogen-bond donors (Lipinski definition) is 2. The molecule has 1 atom stereocenters. The molecule has 0 aliphatic carbocycles. The van der Waals surface area contributed by atoms with Crippen molar-refractivity contribution in [3.8, 4) is 0 Å². The number of hydrogen-bond acceptors (Lipinski definition) is 4. The number of carbonyl (C=O) groups excluding carboxylic acids is 3. The highest BCUT2D eigenvalue weighted by Crippen LogP contribution is 1.99. The molecule has 0 spiro atoms. The van der Waals surface area contributed by atoms with Crippen LogP contribution in [0, 0.1) is 0 Å². The van der Waals surface area contributed by atoms with Crippen LogP contribution in [0.4, 0.5) is 0 Å². The zero-order chi connectivity index (χ0) is 16.1. The summed E-state index contributed by atoms with van der Waals surface area (Å²) in [6, 6.07) is -0.732. The van der Waals surface area contributed by atoms with Gasteiger partial charge in [-0.05, 0) is 6.42 Å². The number of aldehydes is 1. The lowest BCUT2D eigenvalue weighted by Gasteiger charge is -2.22. The normalized spacial score (nSPS) is 11.7. The van der Waals surface area contributed by atoms with E-state index in [1.54, 1.807) is 7.05 Å². The zero-order valence-corrected chi connectivity index (χ0v) is 13.1. The second-order valence-corrected chi connectivity index (χ2v) is 5.04. The van der Waals surface area contributed by atoms with E-state index in [9.17, 15) is 14.4 Å². The molecule has 6 nitrogen and oxygen atoms in total. The summed E-state index contributed by atoms with van der Waals surface area (Å²) in [6.07, 6.45) is 5.34. The molecule has 21 heavy (non-hydrogen) atoms. The lowest BCUT2D eigenvalue weighted by molar-refractivity contribution is -0.133. The molecule has 7 heteroatoms. The van der Waals surface area contributed by atoms with E-state index < -0.39 is 6.04 Å². The number of carbonyl (C=O) groups is 3. The molecule has 0 aromatic rings. The van der Waals surface area contributed by atoms with Gasteiger partial charge < -0.3 is 20.2 Å². The number of nitrogens with zero attached hydrogens (tertiary/aromatic N) is 1. The van der Waals surface area contributed by atoms with E-state index in [0.29, 0.717) is 19.4 Å². The minimum atomic E-state index is -0.732. The van der Waals surface area contributed by atoms with Crippen molar-refractivity contribution < 1.29 is 14.4 Å². The van der Waals surface area contributed by atoms with Gasteiger partial charge in [-0.1, -0.05) is 26.2 Å². The van der Waals surface area contributed by atoms with E-state index in [1.807, 2.05) is 0 Å². The van der Waals surface area contributed by atoms with Crippen LogP contribution in [0.1, 0.15) is 45.4 Å². The van der Waals surface area contributed by atoms with Gasteiger partial charge in [0.15, 0.2) is 7.98 Å². The first kappa shape index (κ1) is 19.6. The second kappa shape index (κ2) is 12.4. The van der Waals surface area contributed by atoms with Crippen molar-refractivity contribution in [1.82, 2.24) is 15.4 Å². The summed E-state index contributed by atoms with van der Waals surface area (Å²) in [6.45, 7) is 3.12. The molecule has 0 bridgehead atoms. The predicted molar refractivity (Wildman–Crippen MR) is 82.8 cm³/mol. The third-order valence-corrected chi connectivity index (χ3v) is 3.23. The Hall–Kier alpha value is -1.37. The maximum Gasteiger partial charge on any atom is 0.238 e. The fourth-order valence-electron chi connectivity index (χ4n) is 1.85. The monoisotopic (exact) mass is 295 g/mol. The maximum atomic E-state index is 11.9. The Morgan fingerprint density at radius 1 is 1.29 bits per heavy atom. The van der Waals surface area contributed by atoms with Crippen LogP contribution in [0.15, 0.2) is 0 Å². The minimum absolute atomic E-state index is 0.0172. The van der Waals surface area contributed by atoms with Gasteiger partial charge in [-0.15, -0.1) is 0 Å². The summed E-state index contributed by atoms with van der Waals surface area (Å²) >= 11 is 0. The van der Waals surface area contributed by atoms with Gasteiger partial charge in [0.1, 0.15) is 6.29 Å². The highest BCUT2D eigenvalue weighted by molar-refractivity contribution is 6.07. The molecule has 0 rings (SSSR count). The van der Waals surface area contributed by atoms with Crippen LogP contribution in [0.25, 0.3) is 0 Å². The van der Waals surface area contributed by atoms with Crippen LogP contribution in [-0.2, 0) is 14.4 Å². The Morgan fingerprint density at radius 3 is 2.57 bits per heavy atom. The molecule has 1 unspecified atom stereocenters. The number of unbranched alkanes of at least 4 members (excludes halogenated alkanes) is 3. The highest BCUT2D eigenvalue weighted by atomic mass is 16.2. The predicted octanol–water partition coefficient (Wildman–Crippen LogP) is 0.162. The van der Waals surface area contributed by atoms with E-state index >= 15 is 0 Å². The minimum Gasteiger partial charge on any atom is -0.356 e. The van der Waals surface area contributed by atoms with Gasteiger partial charge in [-0.3, -0.25) is 9.59 Å². The fraction of sp³-hybridized carbons (Fsp3) is 0.786. The molecule has 0 aromatic heterocycles. The largest absolute Gasteiger partial charge is 0.356 e. The lowest BCUT2D eigenvalue weighted by atomic mass is 10.1. The Balaban J connectivity index is 3.89. The van der Waals surface area contributed by atoms with Gasteiger partial charge in [0.25, 0.3) is 0 Å². The van der Waals surface area contributed by atoms with E-state index in [1.165, 1.54) is 11.3 Å². The van der Waals surface area contributed by atoms with Crippen molar-refractivity contribution in [2.24, 2.45) is 0 Å². The van der Waals surface area contributed by atoms with E-state index in [-0.39, 0.29) is 24.7 Å². The Bertz CT molecular complexity index is 327. The summed E-state index contributed by atoms with van der Waals surface area (Å²) in [4.78, 5) is 35.4. The molecule has 0 saturated heterocycles. The van der Waals surface area contributed by atoms with E-state index in [2.05, 4.69) is 17.5 Å². The third kappa shape index (κ3) is 9.23. The van der Waals surface area contributed by atoms with Gasteiger partial charge >= 0.3 is 0 Å². The topological polar surface area (TPSA) is 78.5 Å². The van der Waals surface area contributed by atoms with Crippen LogP contribution >= 0.6 is 0 Å². The molecule has 2 N–H and O–H groups in total. The van der Waals surface area contributed by atoms with Crippen LogP contribution in [0.2, 0.25) is 0 Å². The first-order valence-electron chi connectivity index (χ1n) is 7.48. The number of nitrogens with one attached hydrogen (secondary N) is 2. The van der Waals surface area contributed by atoms with Crippen LogP contribution in [0.3, 0.4) is 0 Å². The molecule has 2 radical (unpaired) electrons. The van der Waals surface area contributed by atoms with Crippen LogP contribution in [0.5, 0.6) is 0 Å². The average Bonchev–Trinajstić information content (AvgIpc) is 2.49. The molecule has 0 fully saturated rings. The summed E-state index contributed by atoms with van der Waals surface area (Å²) < 4.78 is 0. The second-order valence-electron chi connectivity index (χ2n) is 5.04. The number of amides is 2. The molecule has 0 aliphatic heterocycles. The van der Waals surface area contributed by atoms with Gasteiger partial charge in [0.05, 0.1) is 6.04 Å². The first-order valence-corrected chi connectivity index (χ1v) is 7.48. The molecule has 0 aliphatic rings. The van der Waals surface area contributed by atoms with Crippen molar-refractivity contribution in [2.45, 2.75) is 51.5 Å². The van der Waals surface area contributed by atoms with Gasteiger partial charge in [-0.25, -0.2) is 0 Å². The SMILES string of the molecule is [B]NC(CC=O)C(=O)N(C)CCC(=O)NCCCCCC. The molecule has 118 valence electrons.